The van der Waals surface area contributed by atoms with Gasteiger partial charge in [-0.3, -0.25) is 4.99 Å². The Labute approximate surface area is 150 Å². The number of phenolic OH excluding ortho intramolecular Hbond substituents is 1. The Morgan fingerprint density at radius 2 is 1.88 bits per heavy atom. The van der Waals surface area contributed by atoms with Crippen LogP contribution < -0.4 is 4.80 Å². The highest BCUT2D eigenvalue weighted by molar-refractivity contribution is 7.07. The molecular weight excluding hydrogens is 330 g/mol. The van der Waals surface area contributed by atoms with E-state index in [1.165, 1.54) is 11.3 Å². The summed E-state index contributed by atoms with van der Waals surface area (Å²) in [5, 5.41) is 16.5. The lowest BCUT2D eigenvalue weighted by atomic mass is 10.2. The molecule has 0 aliphatic heterocycles. The third-order valence-corrected chi connectivity index (χ3v) is 4.34. The van der Waals surface area contributed by atoms with E-state index in [1.54, 1.807) is 23.0 Å². The maximum absolute atomic E-state index is 9.94. The van der Waals surface area contributed by atoms with E-state index in [1.807, 2.05) is 54.8 Å². The fourth-order valence-corrected chi connectivity index (χ4v) is 3.08. The Morgan fingerprint density at radius 1 is 1.16 bits per heavy atom. The van der Waals surface area contributed by atoms with Gasteiger partial charge < -0.3 is 5.11 Å². The summed E-state index contributed by atoms with van der Waals surface area (Å²) < 4.78 is 1.80. The standard InChI is InChI=1S/C20H19N3OS/c1-15(2)12-21-20-23(22-13-17-10-6-7-11-19(17)24)18(14-25-20)16-8-4-3-5-9-16/h3-11,13-14,24H,1,12H2,2H3. The molecule has 0 amide bonds. The molecule has 0 fully saturated rings. The minimum absolute atomic E-state index is 0.198. The van der Waals surface area contributed by atoms with E-state index in [-0.39, 0.29) is 5.75 Å². The number of thiazole rings is 1. The molecule has 25 heavy (non-hydrogen) atoms. The molecule has 1 aromatic heterocycles. The number of aromatic hydroxyl groups is 1. The Bertz CT molecular complexity index is 968. The quantitative estimate of drug-likeness (QED) is 0.542. The predicted molar refractivity (Wildman–Crippen MR) is 104 cm³/mol. The third kappa shape index (κ3) is 4.14. The zero-order chi connectivity index (χ0) is 17.6. The van der Waals surface area contributed by atoms with Gasteiger partial charge in [-0.15, -0.1) is 11.3 Å². The van der Waals surface area contributed by atoms with Gasteiger partial charge in [-0.25, -0.2) is 4.68 Å². The summed E-state index contributed by atoms with van der Waals surface area (Å²) in [6.07, 6.45) is 1.65. The summed E-state index contributed by atoms with van der Waals surface area (Å²) in [6.45, 7) is 6.41. The average molecular weight is 349 g/mol. The second-order valence-electron chi connectivity index (χ2n) is 5.66. The molecule has 2 aromatic carbocycles. The van der Waals surface area contributed by atoms with Crippen molar-refractivity contribution in [2.45, 2.75) is 6.92 Å². The van der Waals surface area contributed by atoms with Crippen molar-refractivity contribution >= 4 is 17.6 Å². The SMILES string of the molecule is C=C(C)CN=c1scc(-c2ccccc2)n1N=Cc1ccccc1O. The molecule has 1 N–H and O–H groups in total. The predicted octanol–water partition coefficient (Wildman–Crippen LogP) is 4.28. The average Bonchev–Trinajstić information content (AvgIpc) is 3.03. The molecule has 0 radical (unpaired) electrons. The van der Waals surface area contributed by atoms with Crippen molar-refractivity contribution in [1.29, 1.82) is 0 Å². The summed E-state index contributed by atoms with van der Waals surface area (Å²) in [5.74, 6) is 0.198. The number of benzene rings is 2. The second kappa shape index (κ2) is 7.77. The van der Waals surface area contributed by atoms with Crippen LogP contribution >= 0.6 is 11.3 Å². The van der Waals surface area contributed by atoms with Gasteiger partial charge >= 0.3 is 0 Å². The smallest absolute Gasteiger partial charge is 0.206 e. The van der Waals surface area contributed by atoms with Crippen LogP contribution in [0.2, 0.25) is 0 Å². The fourth-order valence-electron chi connectivity index (χ4n) is 2.25. The lowest BCUT2D eigenvalue weighted by molar-refractivity contribution is 0.474. The first-order valence-corrected chi connectivity index (χ1v) is 8.76. The van der Waals surface area contributed by atoms with Crippen LogP contribution in [0, 0.1) is 0 Å². The van der Waals surface area contributed by atoms with E-state index in [9.17, 15) is 5.11 Å². The number of rotatable bonds is 5. The van der Waals surface area contributed by atoms with E-state index in [0.717, 1.165) is 21.6 Å². The van der Waals surface area contributed by atoms with Gasteiger partial charge in [0, 0.05) is 16.5 Å². The molecule has 1 heterocycles. The number of para-hydroxylation sites is 1. The normalized spacial score (nSPS) is 12.0. The molecule has 3 aromatic rings. The van der Waals surface area contributed by atoms with Gasteiger partial charge in [0.05, 0.1) is 18.5 Å². The maximum Gasteiger partial charge on any atom is 0.206 e. The zero-order valence-electron chi connectivity index (χ0n) is 14.0. The molecular formula is C20H19N3OS. The van der Waals surface area contributed by atoms with Gasteiger partial charge in [0.15, 0.2) is 0 Å². The van der Waals surface area contributed by atoms with Gasteiger partial charge in [0.1, 0.15) is 5.75 Å². The molecule has 5 heteroatoms. The van der Waals surface area contributed by atoms with E-state index in [0.29, 0.717) is 12.1 Å². The number of hydrogen-bond acceptors (Lipinski definition) is 4. The Kier molecular flexibility index (Phi) is 5.26. The van der Waals surface area contributed by atoms with Crippen molar-refractivity contribution in [1.82, 2.24) is 4.68 Å². The van der Waals surface area contributed by atoms with Crippen molar-refractivity contribution in [3.8, 4) is 17.0 Å². The second-order valence-corrected chi connectivity index (χ2v) is 6.49. The molecule has 0 saturated heterocycles. The van der Waals surface area contributed by atoms with Crippen LogP contribution in [0.5, 0.6) is 5.75 Å². The summed E-state index contributed by atoms with van der Waals surface area (Å²) in [6, 6.07) is 17.2. The summed E-state index contributed by atoms with van der Waals surface area (Å²) in [5.41, 5.74) is 3.67. The molecule has 0 aliphatic rings. The highest BCUT2D eigenvalue weighted by Gasteiger charge is 2.07. The first kappa shape index (κ1) is 16.9. The van der Waals surface area contributed by atoms with Crippen LogP contribution in [0.25, 0.3) is 11.3 Å². The minimum Gasteiger partial charge on any atom is -0.507 e. The largest absolute Gasteiger partial charge is 0.507 e. The van der Waals surface area contributed by atoms with Gasteiger partial charge in [0.2, 0.25) is 4.80 Å². The van der Waals surface area contributed by atoms with Crippen LogP contribution in [-0.4, -0.2) is 22.5 Å². The van der Waals surface area contributed by atoms with Crippen LogP contribution in [0.3, 0.4) is 0 Å². The van der Waals surface area contributed by atoms with E-state index >= 15 is 0 Å². The van der Waals surface area contributed by atoms with Crippen molar-refractivity contribution in [3.63, 3.8) is 0 Å². The number of aromatic nitrogens is 1. The lowest BCUT2D eigenvalue weighted by Crippen LogP contribution is -2.13. The van der Waals surface area contributed by atoms with E-state index in [2.05, 4.69) is 16.7 Å². The molecule has 0 atom stereocenters. The molecule has 0 saturated carbocycles. The molecule has 0 unspecified atom stereocenters. The Hall–Kier alpha value is -2.92. The highest BCUT2D eigenvalue weighted by Crippen LogP contribution is 2.20. The molecule has 0 bridgehead atoms. The summed E-state index contributed by atoms with van der Waals surface area (Å²) in [7, 11) is 0. The fraction of sp³-hybridized carbons (Fsp3) is 0.100. The van der Waals surface area contributed by atoms with Gasteiger partial charge in [-0.2, -0.15) is 5.10 Å². The molecule has 0 spiro atoms. The van der Waals surface area contributed by atoms with Crippen LogP contribution in [0.4, 0.5) is 0 Å². The number of nitrogens with zero attached hydrogens (tertiary/aromatic N) is 3. The Morgan fingerprint density at radius 3 is 2.60 bits per heavy atom. The first-order valence-electron chi connectivity index (χ1n) is 7.88. The lowest BCUT2D eigenvalue weighted by Gasteiger charge is -2.04. The third-order valence-electron chi connectivity index (χ3n) is 3.49. The van der Waals surface area contributed by atoms with E-state index < -0.39 is 0 Å². The summed E-state index contributed by atoms with van der Waals surface area (Å²) >= 11 is 1.53. The number of hydrogen-bond donors (Lipinski definition) is 1. The molecule has 126 valence electrons. The molecule has 3 rings (SSSR count). The highest BCUT2D eigenvalue weighted by atomic mass is 32.1. The van der Waals surface area contributed by atoms with Crippen molar-refractivity contribution in [2.24, 2.45) is 10.1 Å². The summed E-state index contributed by atoms with van der Waals surface area (Å²) in [4.78, 5) is 5.38. The monoisotopic (exact) mass is 349 g/mol. The van der Waals surface area contributed by atoms with Crippen molar-refractivity contribution in [2.75, 3.05) is 6.54 Å². The van der Waals surface area contributed by atoms with Crippen molar-refractivity contribution < 1.29 is 5.11 Å². The first-order chi connectivity index (χ1) is 12.1. The topological polar surface area (TPSA) is 49.9 Å². The minimum atomic E-state index is 0.198. The zero-order valence-corrected chi connectivity index (χ0v) is 14.8. The van der Waals surface area contributed by atoms with Gasteiger partial charge in [-0.1, -0.05) is 54.6 Å². The number of phenols is 1. The molecule has 0 aliphatic carbocycles. The molecule has 4 nitrogen and oxygen atoms in total. The maximum atomic E-state index is 9.94. The van der Waals surface area contributed by atoms with Crippen LogP contribution in [-0.2, 0) is 0 Å². The van der Waals surface area contributed by atoms with Gasteiger partial charge in [-0.05, 0) is 19.1 Å². The Balaban J connectivity index is 2.08. The van der Waals surface area contributed by atoms with E-state index in [4.69, 9.17) is 0 Å². The van der Waals surface area contributed by atoms with Crippen LogP contribution in [0.15, 0.2) is 82.2 Å². The van der Waals surface area contributed by atoms with Crippen molar-refractivity contribution in [3.05, 3.63) is 82.5 Å². The van der Waals surface area contributed by atoms with Crippen LogP contribution in [0.1, 0.15) is 12.5 Å². The van der Waals surface area contributed by atoms with Gasteiger partial charge in [0.25, 0.3) is 0 Å².